The minimum absolute atomic E-state index is 0.0629. The molecule has 1 aliphatic carbocycles. The van der Waals surface area contributed by atoms with Crippen molar-refractivity contribution < 1.29 is 18.7 Å². The number of amides is 1. The molecule has 116 valence electrons. The van der Waals surface area contributed by atoms with Crippen molar-refractivity contribution in [2.75, 3.05) is 6.54 Å². The Morgan fingerprint density at radius 1 is 1.33 bits per heavy atom. The Balaban J connectivity index is 1.80. The summed E-state index contributed by atoms with van der Waals surface area (Å²) in [5.74, 6) is -3.29. The van der Waals surface area contributed by atoms with Crippen LogP contribution in [0.3, 0.4) is 0 Å². The van der Waals surface area contributed by atoms with Crippen molar-refractivity contribution in [2.24, 2.45) is 5.92 Å². The van der Waals surface area contributed by atoms with Gasteiger partial charge in [-0.3, -0.25) is 4.79 Å². The SMILES string of the molecule is O=C(NCC(O)c1ccc(Cl)cc1)C1CCC(F)(F)CC1. The first-order chi connectivity index (χ1) is 9.87. The van der Waals surface area contributed by atoms with E-state index >= 15 is 0 Å². The average Bonchev–Trinajstić information content (AvgIpc) is 2.45. The van der Waals surface area contributed by atoms with Gasteiger partial charge < -0.3 is 10.4 Å². The van der Waals surface area contributed by atoms with Gasteiger partial charge in [0.15, 0.2) is 0 Å². The first-order valence-corrected chi connectivity index (χ1v) is 7.34. The third kappa shape index (κ3) is 4.64. The van der Waals surface area contributed by atoms with E-state index in [-0.39, 0.29) is 44.1 Å². The van der Waals surface area contributed by atoms with Crippen molar-refractivity contribution in [2.45, 2.75) is 37.7 Å². The monoisotopic (exact) mass is 317 g/mol. The predicted molar refractivity (Wildman–Crippen MR) is 76.3 cm³/mol. The van der Waals surface area contributed by atoms with Crippen LogP contribution >= 0.6 is 11.6 Å². The third-order valence-corrected chi connectivity index (χ3v) is 4.06. The second-order valence-electron chi connectivity index (χ2n) is 5.44. The summed E-state index contributed by atoms with van der Waals surface area (Å²) in [6.07, 6.45) is -0.947. The normalized spacial score (nSPS) is 20.0. The molecule has 0 radical (unpaired) electrons. The number of aliphatic hydroxyl groups is 1. The molecule has 21 heavy (non-hydrogen) atoms. The van der Waals surface area contributed by atoms with Crippen LogP contribution in [-0.2, 0) is 4.79 Å². The van der Waals surface area contributed by atoms with Crippen LogP contribution in [0.25, 0.3) is 0 Å². The number of halogens is 3. The van der Waals surface area contributed by atoms with E-state index in [0.29, 0.717) is 10.6 Å². The van der Waals surface area contributed by atoms with Gasteiger partial charge in [0.2, 0.25) is 11.8 Å². The molecule has 2 rings (SSSR count). The molecule has 3 nitrogen and oxygen atoms in total. The Hall–Kier alpha value is -1.20. The van der Waals surface area contributed by atoms with Gasteiger partial charge in [0.25, 0.3) is 0 Å². The van der Waals surface area contributed by atoms with E-state index in [1.165, 1.54) is 0 Å². The van der Waals surface area contributed by atoms with Crippen LogP contribution in [-0.4, -0.2) is 23.5 Å². The number of hydrogen-bond acceptors (Lipinski definition) is 2. The molecule has 0 aromatic heterocycles. The van der Waals surface area contributed by atoms with Crippen molar-refractivity contribution in [1.29, 1.82) is 0 Å². The summed E-state index contributed by atoms with van der Waals surface area (Å²) >= 11 is 5.76. The van der Waals surface area contributed by atoms with E-state index < -0.39 is 12.0 Å². The summed E-state index contributed by atoms with van der Waals surface area (Å²) < 4.78 is 26.1. The Labute approximate surface area is 127 Å². The fraction of sp³-hybridized carbons (Fsp3) is 0.533. The van der Waals surface area contributed by atoms with Crippen molar-refractivity contribution in [3.63, 3.8) is 0 Å². The zero-order valence-electron chi connectivity index (χ0n) is 11.5. The standard InChI is InChI=1S/C15H18ClF2NO2/c16-12-3-1-10(2-4-12)13(20)9-19-14(21)11-5-7-15(17,18)8-6-11/h1-4,11,13,20H,5-9H2,(H,19,21). The molecule has 1 aliphatic rings. The average molecular weight is 318 g/mol. The quantitative estimate of drug-likeness (QED) is 0.895. The molecule has 0 spiro atoms. The second kappa shape index (κ2) is 6.71. The minimum atomic E-state index is -2.64. The van der Waals surface area contributed by atoms with Crippen LogP contribution in [0.15, 0.2) is 24.3 Å². The van der Waals surface area contributed by atoms with Crippen molar-refractivity contribution >= 4 is 17.5 Å². The number of rotatable bonds is 4. The lowest BCUT2D eigenvalue weighted by Gasteiger charge is -2.27. The Kier molecular flexibility index (Phi) is 5.17. The van der Waals surface area contributed by atoms with E-state index in [1.54, 1.807) is 24.3 Å². The molecule has 1 saturated carbocycles. The van der Waals surface area contributed by atoms with Crippen LogP contribution in [0, 0.1) is 5.92 Å². The largest absolute Gasteiger partial charge is 0.387 e. The van der Waals surface area contributed by atoms with Gasteiger partial charge in [-0.05, 0) is 30.5 Å². The highest BCUT2D eigenvalue weighted by Crippen LogP contribution is 2.36. The molecular formula is C15H18ClF2NO2. The summed E-state index contributed by atoms with van der Waals surface area (Å²) in [7, 11) is 0. The van der Waals surface area contributed by atoms with E-state index in [9.17, 15) is 18.7 Å². The first-order valence-electron chi connectivity index (χ1n) is 6.96. The summed E-state index contributed by atoms with van der Waals surface area (Å²) in [5.41, 5.74) is 0.648. The summed E-state index contributed by atoms with van der Waals surface area (Å²) in [6, 6.07) is 6.68. The molecule has 0 heterocycles. The van der Waals surface area contributed by atoms with Crippen LogP contribution in [0.2, 0.25) is 5.02 Å². The molecule has 1 unspecified atom stereocenters. The van der Waals surface area contributed by atoms with Gasteiger partial charge in [0, 0.05) is 30.3 Å². The zero-order valence-corrected chi connectivity index (χ0v) is 12.2. The Bertz CT molecular complexity index is 483. The van der Waals surface area contributed by atoms with Crippen LogP contribution in [0.1, 0.15) is 37.4 Å². The lowest BCUT2D eigenvalue weighted by Crippen LogP contribution is -2.37. The van der Waals surface area contributed by atoms with Gasteiger partial charge in [-0.25, -0.2) is 8.78 Å². The van der Waals surface area contributed by atoms with Crippen LogP contribution in [0.4, 0.5) is 8.78 Å². The number of nitrogens with one attached hydrogen (secondary N) is 1. The van der Waals surface area contributed by atoms with E-state index in [0.717, 1.165) is 0 Å². The molecule has 1 aromatic rings. The van der Waals surface area contributed by atoms with E-state index in [1.807, 2.05) is 0 Å². The third-order valence-electron chi connectivity index (χ3n) is 3.81. The van der Waals surface area contributed by atoms with Crippen molar-refractivity contribution in [3.8, 4) is 0 Å². The number of carbonyl (C=O) groups excluding carboxylic acids is 1. The number of carbonyl (C=O) groups is 1. The molecule has 1 fully saturated rings. The number of aliphatic hydroxyl groups excluding tert-OH is 1. The molecule has 1 amide bonds. The van der Waals surface area contributed by atoms with Gasteiger partial charge in [-0.15, -0.1) is 0 Å². The summed E-state index contributed by atoms with van der Waals surface area (Å²) in [4.78, 5) is 11.9. The Morgan fingerprint density at radius 3 is 2.48 bits per heavy atom. The fourth-order valence-corrected chi connectivity index (χ4v) is 2.57. The first kappa shape index (κ1) is 16.2. The summed E-state index contributed by atoms with van der Waals surface area (Å²) in [6.45, 7) is 0.0629. The Morgan fingerprint density at radius 2 is 1.90 bits per heavy atom. The van der Waals surface area contributed by atoms with Crippen molar-refractivity contribution in [3.05, 3.63) is 34.9 Å². The lowest BCUT2D eigenvalue weighted by atomic mass is 9.86. The molecule has 2 N–H and O–H groups in total. The van der Waals surface area contributed by atoms with Gasteiger partial charge >= 0.3 is 0 Å². The van der Waals surface area contributed by atoms with Crippen LogP contribution in [0.5, 0.6) is 0 Å². The summed E-state index contributed by atoms with van der Waals surface area (Å²) in [5, 5.41) is 13.2. The van der Waals surface area contributed by atoms with Gasteiger partial charge in [-0.2, -0.15) is 0 Å². The highest BCUT2D eigenvalue weighted by molar-refractivity contribution is 6.30. The topological polar surface area (TPSA) is 49.3 Å². The maximum absolute atomic E-state index is 13.0. The number of benzene rings is 1. The number of alkyl halides is 2. The van der Waals surface area contributed by atoms with Gasteiger partial charge in [0.1, 0.15) is 0 Å². The molecule has 0 aliphatic heterocycles. The van der Waals surface area contributed by atoms with Crippen molar-refractivity contribution in [1.82, 2.24) is 5.32 Å². The molecule has 0 saturated heterocycles. The van der Waals surface area contributed by atoms with E-state index in [2.05, 4.69) is 5.32 Å². The predicted octanol–water partition coefficient (Wildman–Crippen LogP) is 3.32. The highest BCUT2D eigenvalue weighted by Gasteiger charge is 2.37. The highest BCUT2D eigenvalue weighted by atomic mass is 35.5. The molecular weight excluding hydrogens is 300 g/mol. The maximum Gasteiger partial charge on any atom is 0.248 e. The van der Waals surface area contributed by atoms with Crippen LogP contribution < -0.4 is 5.32 Å². The molecule has 1 atom stereocenters. The van der Waals surface area contributed by atoms with E-state index in [4.69, 9.17) is 11.6 Å². The molecule has 6 heteroatoms. The zero-order chi connectivity index (χ0) is 15.5. The second-order valence-corrected chi connectivity index (χ2v) is 5.88. The number of hydrogen-bond donors (Lipinski definition) is 2. The lowest BCUT2D eigenvalue weighted by molar-refractivity contribution is -0.129. The molecule has 1 aromatic carbocycles. The van der Waals surface area contributed by atoms with Gasteiger partial charge in [0.05, 0.1) is 6.10 Å². The maximum atomic E-state index is 13.0. The fourth-order valence-electron chi connectivity index (χ4n) is 2.45. The molecule has 0 bridgehead atoms. The minimum Gasteiger partial charge on any atom is -0.387 e. The smallest absolute Gasteiger partial charge is 0.248 e. The van der Waals surface area contributed by atoms with Gasteiger partial charge in [-0.1, -0.05) is 23.7 Å².